The monoisotopic (exact) mass is 286 g/mol. The molecule has 0 unspecified atom stereocenters. The number of tetrazole rings is 1. The van der Waals surface area contributed by atoms with Gasteiger partial charge in [0.1, 0.15) is 0 Å². The number of carbonyl (C=O) groups excluding carboxylic acids is 1. The summed E-state index contributed by atoms with van der Waals surface area (Å²) >= 11 is 0. The molecule has 0 atom stereocenters. The second-order valence-electron chi connectivity index (χ2n) is 5.08. The Labute approximate surface area is 122 Å². The minimum atomic E-state index is -0.0487. The van der Waals surface area contributed by atoms with Crippen molar-refractivity contribution in [3.05, 3.63) is 24.3 Å². The molecule has 0 radical (unpaired) electrons. The first kappa shape index (κ1) is 13.7. The number of hydrogen-bond acceptors (Lipinski definition) is 5. The van der Waals surface area contributed by atoms with E-state index >= 15 is 0 Å². The van der Waals surface area contributed by atoms with E-state index in [1.165, 1.54) is 0 Å². The number of rotatable bonds is 6. The van der Waals surface area contributed by atoms with Gasteiger partial charge in [0.05, 0.1) is 12.6 Å². The average molecular weight is 286 g/mol. The van der Waals surface area contributed by atoms with Crippen LogP contribution in [0.4, 0.5) is 5.69 Å². The number of amides is 1. The van der Waals surface area contributed by atoms with Crippen LogP contribution in [0.2, 0.25) is 0 Å². The Hall–Kier alpha value is -2.28. The van der Waals surface area contributed by atoms with Crippen molar-refractivity contribution >= 4 is 11.6 Å². The second kappa shape index (κ2) is 6.01. The Bertz CT molecular complexity index is 617. The summed E-state index contributed by atoms with van der Waals surface area (Å²) in [5.74, 6) is 0.732. The Morgan fingerprint density at radius 1 is 1.33 bits per heavy atom. The van der Waals surface area contributed by atoms with Crippen molar-refractivity contribution in [3.8, 4) is 11.4 Å². The molecule has 1 fully saturated rings. The highest BCUT2D eigenvalue weighted by Gasteiger charge is 2.28. The summed E-state index contributed by atoms with van der Waals surface area (Å²) < 4.78 is 1.87. The number of nitrogens with one attached hydrogen (secondary N) is 2. The average Bonchev–Trinajstić information content (AvgIpc) is 3.23. The van der Waals surface area contributed by atoms with Gasteiger partial charge < -0.3 is 10.6 Å². The van der Waals surface area contributed by atoms with Gasteiger partial charge in [-0.15, -0.1) is 5.10 Å². The molecule has 110 valence electrons. The molecule has 0 spiro atoms. The standard InChI is InChI=1S/C14H18N6O/c1-2-15-9-13(21)16-11-5-3-10(4-6-11)14-17-18-19-20(14)12-7-8-12/h3-6,12,15H,2,7-9H2,1H3,(H,16,21). The molecule has 2 aromatic rings. The van der Waals surface area contributed by atoms with E-state index in [2.05, 4.69) is 26.2 Å². The summed E-state index contributed by atoms with van der Waals surface area (Å²) in [5.41, 5.74) is 1.73. The summed E-state index contributed by atoms with van der Waals surface area (Å²) in [5, 5.41) is 17.7. The summed E-state index contributed by atoms with van der Waals surface area (Å²) in [4.78, 5) is 11.6. The third kappa shape index (κ3) is 3.25. The fourth-order valence-corrected chi connectivity index (χ4v) is 2.10. The van der Waals surface area contributed by atoms with E-state index in [-0.39, 0.29) is 5.91 Å². The van der Waals surface area contributed by atoms with Crippen molar-refractivity contribution in [1.82, 2.24) is 25.5 Å². The molecular formula is C14H18N6O. The summed E-state index contributed by atoms with van der Waals surface area (Å²) in [6.45, 7) is 3.06. The Balaban J connectivity index is 1.69. The first-order valence-electron chi connectivity index (χ1n) is 7.17. The van der Waals surface area contributed by atoms with Gasteiger partial charge in [0.25, 0.3) is 0 Å². The van der Waals surface area contributed by atoms with Gasteiger partial charge in [-0.05, 0) is 54.1 Å². The molecule has 1 aliphatic carbocycles. The van der Waals surface area contributed by atoms with Gasteiger partial charge in [0, 0.05) is 11.3 Å². The minimum absolute atomic E-state index is 0.0487. The van der Waals surface area contributed by atoms with Crippen molar-refractivity contribution < 1.29 is 4.79 Å². The Morgan fingerprint density at radius 3 is 2.76 bits per heavy atom. The molecule has 2 N–H and O–H groups in total. The molecular weight excluding hydrogens is 268 g/mol. The molecule has 7 heteroatoms. The Kier molecular flexibility index (Phi) is 3.92. The predicted octanol–water partition coefficient (Wildman–Crippen LogP) is 1.22. The second-order valence-corrected chi connectivity index (χ2v) is 5.08. The Morgan fingerprint density at radius 2 is 2.10 bits per heavy atom. The van der Waals surface area contributed by atoms with Crippen molar-refractivity contribution in [2.75, 3.05) is 18.4 Å². The highest BCUT2D eigenvalue weighted by molar-refractivity contribution is 5.92. The smallest absolute Gasteiger partial charge is 0.238 e. The zero-order valence-electron chi connectivity index (χ0n) is 11.9. The topological polar surface area (TPSA) is 84.7 Å². The molecule has 0 aliphatic heterocycles. The highest BCUT2D eigenvalue weighted by atomic mass is 16.1. The van der Waals surface area contributed by atoms with Gasteiger partial charge in [0.15, 0.2) is 5.82 Å². The molecule has 3 rings (SSSR count). The van der Waals surface area contributed by atoms with Gasteiger partial charge in [-0.25, -0.2) is 4.68 Å². The molecule has 7 nitrogen and oxygen atoms in total. The molecule has 1 saturated carbocycles. The van der Waals surface area contributed by atoms with Crippen LogP contribution in [-0.4, -0.2) is 39.2 Å². The lowest BCUT2D eigenvalue weighted by molar-refractivity contribution is -0.115. The van der Waals surface area contributed by atoms with Crippen molar-refractivity contribution in [2.45, 2.75) is 25.8 Å². The van der Waals surface area contributed by atoms with Crippen molar-refractivity contribution in [1.29, 1.82) is 0 Å². The number of nitrogens with zero attached hydrogens (tertiary/aromatic N) is 4. The molecule has 1 aliphatic rings. The summed E-state index contributed by atoms with van der Waals surface area (Å²) in [6.07, 6.45) is 2.27. The SMILES string of the molecule is CCNCC(=O)Nc1ccc(-c2nnnn2C2CC2)cc1. The van der Waals surface area contributed by atoms with Crippen LogP contribution in [-0.2, 0) is 4.79 Å². The van der Waals surface area contributed by atoms with E-state index in [1.54, 1.807) is 0 Å². The maximum atomic E-state index is 11.6. The molecule has 1 heterocycles. The summed E-state index contributed by atoms with van der Waals surface area (Å²) in [6, 6.07) is 8.02. The molecule has 0 saturated heterocycles. The molecule has 21 heavy (non-hydrogen) atoms. The first-order valence-corrected chi connectivity index (χ1v) is 7.17. The normalized spacial score (nSPS) is 14.1. The minimum Gasteiger partial charge on any atom is -0.325 e. The fraction of sp³-hybridized carbons (Fsp3) is 0.429. The predicted molar refractivity (Wildman–Crippen MR) is 78.7 cm³/mol. The lowest BCUT2D eigenvalue weighted by Crippen LogP contribution is -2.27. The molecule has 0 bridgehead atoms. The zero-order chi connectivity index (χ0) is 14.7. The van der Waals surface area contributed by atoms with Gasteiger partial charge in [-0.3, -0.25) is 4.79 Å². The van der Waals surface area contributed by atoms with Crippen molar-refractivity contribution in [2.24, 2.45) is 0 Å². The lowest BCUT2D eigenvalue weighted by atomic mass is 10.2. The maximum absolute atomic E-state index is 11.6. The van der Waals surface area contributed by atoms with Crippen LogP contribution in [0, 0.1) is 0 Å². The van der Waals surface area contributed by atoms with Crippen LogP contribution in [0.1, 0.15) is 25.8 Å². The van der Waals surface area contributed by atoms with Crippen molar-refractivity contribution in [3.63, 3.8) is 0 Å². The summed E-state index contributed by atoms with van der Waals surface area (Å²) in [7, 11) is 0. The molecule has 1 aromatic carbocycles. The van der Waals surface area contributed by atoms with Gasteiger partial charge in [-0.1, -0.05) is 6.92 Å². The highest BCUT2D eigenvalue weighted by Crippen LogP contribution is 2.36. The molecule has 1 aromatic heterocycles. The fourth-order valence-electron chi connectivity index (χ4n) is 2.10. The third-order valence-corrected chi connectivity index (χ3v) is 3.35. The van der Waals surface area contributed by atoms with E-state index < -0.39 is 0 Å². The number of anilines is 1. The van der Waals surface area contributed by atoms with Gasteiger partial charge in [0.2, 0.25) is 5.91 Å². The van der Waals surface area contributed by atoms with E-state index in [0.29, 0.717) is 12.6 Å². The van der Waals surface area contributed by atoms with E-state index in [9.17, 15) is 4.79 Å². The largest absolute Gasteiger partial charge is 0.325 e. The van der Waals surface area contributed by atoms with Crippen LogP contribution in [0.25, 0.3) is 11.4 Å². The van der Waals surface area contributed by atoms with E-state index in [4.69, 9.17) is 0 Å². The van der Waals surface area contributed by atoms with Crippen LogP contribution < -0.4 is 10.6 Å². The van der Waals surface area contributed by atoms with Crippen LogP contribution in [0.15, 0.2) is 24.3 Å². The van der Waals surface area contributed by atoms with Crippen LogP contribution in [0.5, 0.6) is 0 Å². The van der Waals surface area contributed by atoms with Gasteiger partial charge in [-0.2, -0.15) is 0 Å². The maximum Gasteiger partial charge on any atom is 0.238 e. The number of hydrogen-bond donors (Lipinski definition) is 2. The number of aromatic nitrogens is 4. The van der Waals surface area contributed by atoms with Crippen LogP contribution in [0.3, 0.4) is 0 Å². The third-order valence-electron chi connectivity index (χ3n) is 3.35. The molecule has 1 amide bonds. The van der Waals surface area contributed by atoms with Crippen LogP contribution >= 0.6 is 0 Å². The first-order chi connectivity index (χ1) is 10.3. The number of carbonyl (C=O) groups is 1. The number of likely N-dealkylation sites (N-methyl/N-ethyl adjacent to an activating group) is 1. The number of benzene rings is 1. The quantitative estimate of drug-likeness (QED) is 0.834. The van der Waals surface area contributed by atoms with E-state index in [0.717, 1.165) is 36.5 Å². The zero-order valence-corrected chi connectivity index (χ0v) is 11.9. The van der Waals surface area contributed by atoms with E-state index in [1.807, 2.05) is 35.9 Å². The van der Waals surface area contributed by atoms with Gasteiger partial charge >= 0.3 is 0 Å². The lowest BCUT2D eigenvalue weighted by Gasteiger charge is -2.07.